The first-order chi connectivity index (χ1) is 20.4. The minimum atomic E-state index is -1.46. The summed E-state index contributed by atoms with van der Waals surface area (Å²) < 4.78 is 11.8. The van der Waals surface area contributed by atoms with Gasteiger partial charge in [0.05, 0.1) is 12.1 Å². The molecule has 2 saturated carbocycles. The molecule has 3 amide bonds. The molecule has 0 radical (unpaired) electrons. The van der Waals surface area contributed by atoms with Crippen LogP contribution in [-0.2, 0) is 19.1 Å². The zero-order valence-electron chi connectivity index (χ0n) is 24.9. The summed E-state index contributed by atoms with van der Waals surface area (Å²) in [5.41, 5.74) is -1.44. The smallest absolute Gasteiger partial charge is 0.408 e. The van der Waals surface area contributed by atoms with Gasteiger partial charge in [-0.05, 0) is 49.7 Å². The standard InChI is InChI=1S/C32H40N4O7/c1-5-20-17-32(20,29(39)40)35-27(37)24-16-22(42-25-15-14-19-10-6-9-13-23(19)33-25)18-36(24)28(38)26(31(2,3)4)34-30(41)43-21-11-7-8-12-21/h5-6,9-10,13-15,20-22,24,26H,1,7-8,11-12,16-18H2,2-4H3,(H,34,41)(H,35,37)(H,39,40)/t20-,22-,24+,26-,32-/m1/s1. The summed E-state index contributed by atoms with van der Waals surface area (Å²) in [6.07, 6.45) is 3.94. The fourth-order valence-corrected chi connectivity index (χ4v) is 6.10. The van der Waals surface area contributed by atoms with Crippen molar-refractivity contribution in [1.82, 2.24) is 20.5 Å². The highest BCUT2D eigenvalue weighted by molar-refractivity contribution is 5.96. The maximum Gasteiger partial charge on any atom is 0.408 e. The zero-order chi connectivity index (χ0) is 30.9. The lowest BCUT2D eigenvalue weighted by atomic mass is 9.85. The van der Waals surface area contributed by atoms with Crippen LogP contribution in [-0.4, -0.2) is 75.2 Å². The number of carbonyl (C=O) groups is 4. The highest BCUT2D eigenvalue weighted by Gasteiger charge is 2.61. The van der Waals surface area contributed by atoms with Gasteiger partial charge in [0.2, 0.25) is 17.7 Å². The van der Waals surface area contributed by atoms with Gasteiger partial charge in [0.25, 0.3) is 0 Å². The van der Waals surface area contributed by atoms with Crippen molar-refractivity contribution in [2.24, 2.45) is 11.3 Å². The number of hydrogen-bond acceptors (Lipinski definition) is 7. The molecule has 3 fully saturated rings. The van der Waals surface area contributed by atoms with E-state index in [1.54, 1.807) is 6.07 Å². The third-order valence-corrected chi connectivity index (χ3v) is 8.69. The van der Waals surface area contributed by atoms with E-state index in [0.29, 0.717) is 5.88 Å². The number of ether oxygens (including phenoxy) is 2. The summed E-state index contributed by atoms with van der Waals surface area (Å²) in [5.74, 6) is -2.30. The Morgan fingerprint density at radius 1 is 1.12 bits per heavy atom. The van der Waals surface area contributed by atoms with Crippen LogP contribution in [0.2, 0.25) is 0 Å². The second-order valence-corrected chi connectivity index (χ2v) is 12.9. The van der Waals surface area contributed by atoms with Crippen LogP contribution in [0.15, 0.2) is 49.1 Å². The highest BCUT2D eigenvalue weighted by atomic mass is 16.6. The van der Waals surface area contributed by atoms with E-state index in [0.717, 1.165) is 36.6 Å². The van der Waals surface area contributed by atoms with Crippen molar-refractivity contribution in [3.05, 3.63) is 49.1 Å². The first-order valence-electron chi connectivity index (χ1n) is 14.9. The predicted molar refractivity (Wildman–Crippen MR) is 158 cm³/mol. The number of fused-ring (bicyclic) bond motifs is 1. The van der Waals surface area contributed by atoms with Gasteiger partial charge in [0.1, 0.15) is 29.8 Å². The van der Waals surface area contributed by atoms with Crippen molar-refractivity contribution in [3.8, 4) is 5.88 Å². The summed E-state index contributed by atoms with van der Waals surface area (Å²) in [6, 6.07) is 9.17. The molecule has 0 bridgehead atoms. The Hall–Kier alpha value is -4.15. The summed E-state index contributed by atoms with van der Waals surface area (Å²) in [6.45, 7) is 9.19. The number of alkyl carbamates (subject to hydrolysis) is 1. The summed E-state index contributed by atoms with van der Waals surface area (Å²) in [5, 5.41) is 16.3. The van der Waals surface area contributed by atoms with Crippen molar-refractivity contribution >= 4 is 34.8 Å². The maximum atomic E-state index is 14.2. The van der Waals surface area contributed by atoms with E-state index in [2.05, 4.69) is 22.2 Å². The largest absolute Gasteiger partial charge is 0.479 e. The third kappa shape index (κ3) is 6.45. The van der Waals surface area contributed by atoms with Crippen LogP contribution in [0.4, 0.5) is 4.79 Å². The Morgan fingerprint density at radius 3 is 2.49 bits per heavy atom. The van der Waals surface area contributed by atoms with Crippen molar-refractivity contribution < 1.29 is 33.8 Å². The molecular weight excluding hydrogens is 552 g/mol. The van der Waals surface area contributed by atoms with Crippen LogP contribution in [0.25, 0.3) is 10.9 Å². The quantitative estimate of drug-likeness (QED) is 0.373. The summed E-state index contributed by atoms with van der Waals surface area (Å²) in [7, 11) is 0. The average Bonchev–Trinajstić information content (AvgIpc) is 3.23. The number of aromatic nitrogens is 1. The monoisotopic (exact) mass is 592 g/mol. The maximum absolute atomic E-state index is 14.2. The summed E-state index contributed by atoms with van der Waals surface area (Å²) in [4.78, 5) is 58.8. The minimum Gasteiger partial charge on any atom is -0.479 e. The van der Waals surface area contributed by atoms with Gasteiger partial charge in [-0.3, -0.25) is 9.59 Å². The Labute approximate surface area is 251 Å². The van der Waals surface area contributed by atoms with Crippen LogP contribution < -0.4 is 15.4 Å². The van der Waals surface area contributed by atoms with Crippen LogP contribution in [0.5, 0.6) is 5.88 Å². The van der Waals surface area contributed by atoms with E-state index in [1.165, 1.54) is 11.0 Å². The Bertz CT molecular complexity index is 1420. The molecule has 1 aromatic carbocycles. The van der Waals surface area contributed by atoms with Crippen LogP contribution >= 0.6 is 0 Å². The van der Waals surface area contributed by atoms with E-state index in [9.17, 15) is 24.3 Å². The molecule has 2 aliphatic carbocycles. The first kappa shape index (κ1) is 30.3. The van der Waals surface area contributed by atoms with E-state index in [-0.39, 0.29) is 25.5 Å². The van der Waals surface area contributed by atoms with Crippen molar-refractivity contribution in [2.75, 3.05) is 6.54 Å². The predicted octanol–water partition coefficient (Wildman–Crippen LogP) is 3.81. The van der Waals surface area contributed by atoms with Gasteiger partial charge >= 0.3 is 12.1 Å². The number of benzene rings is 1. The second-order valence-electron chi connectivity index (χ2n) is 12.9. The van der Waals surface area contributed by atoms with Gasteiger partial charge in [0, 0.05) is 23.8 Å². The SMILES string of the molecule is C=C[C@@H]1C[C@]1(NC(=O)[C@@H]1C[C@@H](Oc2ccc3ccccc3n2)CN1C(=O)[C@@H](NC(=O)OC1CCCC1)C(C)(C)C)C(=O)O. The third-order valence-electron chi connectivity index (χ3n) is 8.69. The molecule has 5 rings (SSSR count). The topological polar surface area (TPSA) is 147 Å². The van der Waals surface area contributed by atoms with Crippen LogP contribution in [0.3, 0.4) is 0 Å². The fraction of sp³-hybridized carbons (Fsp3) is 0.531. The van der Waals surface area contributed by atoms with Gasteiger partial charge < -0.3 is 30.1 Å². The lowest BCUT2D eigenvalue weighted by Crippen LogP contribution is -2.59. The van der Waals surface area contributed by atoms with Gasteiger partial charge in [-0.1, -0.05) is 45.0 Å². The van der Waals surface area contributed by atoms with Gasteiger partial charge in [-0.15, -0.1) is 6.58 Å². The molecule has 2 aromatic rings. The van der Waals surface area contributed by atoms with Crippen LogP contribution in [0.1, 0.15) is 59.3 Å². The molecule has 43 heavy (non-hydrogen) atoms. The molecule has 230 valence electrons. The number of amides is 3. The van der Waals surface area contributed by atoms with E-state index < -0.39 is 58.9 Å². The summed E-state index contributed by atoms with van der Waals surface area (Å²) >= 11 is 0. The number of pyridine rings is 1. The van der Waals surface area contributed by atoms with E-state index in [4.69, 9.17) is 9.47 Å². The molecule has 1 aromatic heterocycles. The number of hydrogen-bond donors (Lipinski definition) is 3. The van der Waals surface area contributed by atoms with Crippen molar-refractivity contribution in [3.63, 3.8) is 0 Å². The molecule has 5 atom stereocenters. The second kappa shape index (κ2) is 11.9. The molecule has 1 aliphatic heterocycles. The molecular formula is C32H40N4O7. The number of nitrogens with zero attached hydrogens (tertiary/aromatic N) is 2. The number of carboxylic acid groups (broad SMARTS) is 1. The number of carbonyl (C=O) groups excluding carboxylic acids is 3. The normalized spacial score (nSPS) is 26.0. The number of para-hydroxylation sites is 1. The first-order valence-corrected chi connectivity index (χ1v) is 14.9. The lowest BCUT2D eigenvalue weighted by Gasteiger charge is -2.35. The lowest BCUT2D eigenvalue weighted by molar-refractivity contribution is -0.146. The van der Waals surface area contributed by atoms with E-state index in [1.807, 2.05) is 51.1 Å². The Balaban J connectivity index is 1.38. The molecule has 3 N–H and O–H groups in total. The zero-order valence-corrected chi connectivity index (χ0v) is 24.9. The number of likely N-dealkylation sites (tertiary alicyclic amines) is 1. The van der Waals surface area contributed by atoms with Crippen molar-refractivity contribution in [1.29, 1.82) is 0 Å². The van der Waals surface area contributed by atoms with Crippen molar-refractivity contribution in [2.45, 2.75) is 89.1 Å². The number of carboxylic acids is 1. The highest BCUT2D eigenvalue weighted by Crippen LogP contribution is 2.45. The van der Waals surface area contributed by atoms with Gasteiger partial charge in [0.15, 0.2) is 0 Å². The van der Waals surface area contributed by atoms with E-state index >= 15 is 0 Å². The fourth-order valence-electron chi connectivity index (χ4n) is 6.10. The van der Waals surface area contributed by atoms with Gasteiger partial charge in [-0.25, -0.2) is 14.6 Å². The molecule has 0 unspecified atom stereocenters. The molecule has 11 nitrogen and oxygen atoms in total. The Morgan fingerprint density at radius 2 is 1.84 bits per heavy atom. The number of aliphatic carboxylic acids is 1. The molecule has 0 spiro atoms. The Kier molecular flexibility index (Phi) is 8.36. The number of rotatable bonds is 9. The van der Waals surface area contributed by atoms with Gasteiger partial charge in [-0.2, -0.15) is 0 Å². The molecule has 1 saturated heterocycles. The minimum absolute atomic E-state index is 0.0440. The molecule has 11 heteroatoms. The van der Waals surface area contributed by atoms with Crippen LogP contribution in [0, 0.1) is 11.3 Å². The number of nitrogens with one attached hydrogen (secondary N) is 2. The molecule has 3 aliphatic rings. The average molecular weight is 593 g/mol. The molecule has 2 heterocycles.